The highest BCUT2D eigenvalue weighted by atomic mass is 35.5. The van der Waals surface area contributed by atoms with E-state index in [1.54, 1.807) is 50.6 Å². The molecule has 0 aromatic heterocycles. The number of anilines is 1. The van der Waals surface area contributed by atoms with Crippen molar-refractivity contribution in [1.29, 1.82) is 0 Å². The van der Waals surface area contributed by atoms with Crippen molar-refractivity contribution in [2.75, 3.05) is 26.1 Å². The third-order valence-corrected chi connectivity index (χ3v) is 4.16. The van der Waals surface area contributed by atoms with E-state index in [4.69, 9.17) is 21.1 Å². The molecule has 0 heterocycles. The third kappa shape index (κ3) is 5.76. The van der Waals surface area contributed by atoms with Crippen molar-refractivity contribution in [3.63, 3.8) is 0 Å². The Balaban J connectivity index is 2.04. The van der Waals surface area contributed by atoms with E-state index >= 15 is 0 Å². The van der Waals surface area contributed by atoms with E-state index in [1.807, 2.05) is 13.0 Å². The second-order valence-corrected chi connectivity index (χ2v) is 6.29. The summed E-state index contributed by atoms with van der Waals surface area (Å²) in [4.78, 5) is 24.2. The van der Waals surface area contributed by atoms with Crippen molar-refractivity contribution in [2.45, 2.75) is 13.3 Å². The molecule has 28 heavy (non-hydrogen) atoms. The standard InChI is InChI=1S/C21H23ClN2O4/c1-4-11-23-21(26)16-8-7-15(13-17(16)22)24-20(25)10-6-14-5-9-18(27-2)19(12-14)28-3/h5-10,12-13H,4,11H2,1-3H3,(H,23,26)(H,24,25). The Bertz CT molecular complexity index is 881. The van der Waals surface area contributed by atoms with Crippen molar-refractivity contribution in [3.05, 3.63) is 58.6 Å². The van der Waals surface area contributed by atoms with Gasteiger partial charge in [0.2, 0.25) is 5.91 Å². The lowest BCUT2D eigenvalue weighted by molar-refractivity contribution is -0.111. The summed E-state index contributed by atoms with van der Waals surface area (Å²) in [7, 11) is 3.11. The number of ether oxygens (including phenoxy) is 2. The van der Waals surface area contributed by atoms with Gasteiger partial charge in [-0.15, -0.1) is 0 Å². The fraction of sp³-hybridized carbons (Fsp3) is 0.238. The molecule has 0 atom stereocenters. The first-order valence-corrected chi connectivity index (χ1v) is 9.15. The molecule has 2 N–H and O–H groups in total. The van der Waals surface area contributed by atoms with Crippen LogP contribution in [0.1, 0.15) is 29.3 Å². The highest BCUT2D eigenvalue weighted by molar-refractivity contribution is 6.34. The van der Waals surface area contributed by atoms with Crippen molar-refractivity contribution in [2.24, 2.45) is 0 Å². The molecule has 0 bridgehead atoms. The van der Waals surface area contributed by atoms with Crippen LogP contribution < -0.4 is 20.1 Å². The number of carbonyl (C=O) groups excluding carboxylic acids is 2. The molecule has 0 spiro atoms. The largest absolute Gasteiger partial charge is 0.493 e. The zero-order valence-corrected chi connectivity index (χ0v) is 16.8. The summed E-state index contributed by atoms with van der Waals surface area (Å²) in [5, 5.41) is 5.75. The van der Waals surface area contributed by atoms with Gasteiger partial charge in [0.15, 0.2) is 11.5 Å². The van der Waals surface area contributed by atoms with E-state index < -0.39 is 0 Å². The fourth-order valence-corrected chi connectivity index (χ4v) is 2.69. The number of carbonyl (C=O) groups is 2. The molecule has 148 valence electrons. The zero-order chi connectivity index (χ0) is 20.5. The number of halogens is 1. The van der Waals surface area contributed by atoms with Gasteiger partial charge >= 0.3 is 0 Å². The predicted molar refractivity (Wildman–Crippen MR) is 111 cm³/mol. The Morgan fingerprint density at radius 3 is 2.46 bits per heavy atom. The summed E-state index contributed by atoms with van der Waals surface area (Å²) in [5.74, 6) is 0.627. The van der Waals surface area contributed by atoms with Gasteiger partial charge in [-0.1, -0.05) is 24.6 Å². The molecule has 0 aliphatic heterocycles. The minimum atomic E-state index is -0.325. The van der Waals surface area contributed by atoms with E-state index in [1.165, 1.54) is 6.08 Å². The van der Waals surface area contributed by atoms with Crippen LogP contribution in [0.2, 0.25) is 5.02 Å². The summed E-state index contributed by atoms with van der Waals surface area (Å²) in [6, 6.07) is 10.1. The van der Waals surface area contributed by atoms with Crippen LogP contribution >= 0.6 is 11.6 Å². The minimum absolute atomic E-state index is 0.238. The number of amides is 2. The molecule has 2 amide bonds. The molecule has 0 unspecified atom stereocenters. The molecule has 2 aromatic carbocycles. The van der Waals surface area contributed by atoms with Crippen molar-refractivity contribution in [3.8, 4) is 11.5 Å². The smallest absolute Gasteiger partial charge is 0.252 e. The van der Waals surface area contributed by atoms with Crippen LogP contribution in [0.5, 0.6) is 11.5 Å². The lowest BCUT2D eigenvalue weighted by Crippen LogP contribution is -2.24. The zero-order valence-electron chi connectivity index (χ0n) is 16.0. The molecule has 0 aliphatic carbocycles. The van der Waals surface area contributed by atoms with Gasteiger partial charge < -0.3 is 20.1 Å². The number of rotatable bonds is 8. The van der Waals surface area contributed by atoms with Crippen LogP contribution in [0.25, 0.3) is 6.08 Å². The Morgan fingerprint density at radius 1 is 1.07 bits per heavy atom. The summed E-state index contributed by atoms with van der Waals surface area (Å²) in [6.07, 6.45) is 3.90. The molecule has 0 saturated heterocycles. The maximum absolute atomic E-state index is 12.2. The van der Waals surface area contributed by atoms with E-state index in [0.717, 1.165) is 12.0 Å². The molecular formula is C21H23ClN2O4. The lowest BCUT2D eigenvalue weighted by Gasteiger charge is -2.08. The van der Waals surface area contributed by atoms with Crippen LogP contribution in [0, 0.1) is 0 Å². The van der Waals surface area contributed by atoms with Gasteiger partial charge in [-0.2, -0.15) is 0 Å². The van der Waals surface area contributed by atoms with Gasteiger partial charge in [0.1, 0.15) is 0 Å². The molecule has 2 rings (SSSR count). The third-order valence-electron chi connectivity index (χ3n) is 3.85. The first-order chi connectivity index (χ1) is 13.5. The molecule has 0 radical (unpaired) electrons. The van der Waals surface area contributed by atoms with E-state index in [9.17, 15) is 9.59 Å². The molecular weight excluding hydrogens is 380 g/mol. The monoisotopic (exact) mass is 402 g/mol. The van der Waals surface area contributed by atoms with E-state index in [0.29, 0.717) is 29.3 Å². The van der Waals surface area contributed by atoms with Gasteiger partial charge in [0.25, 0.3) is 5.91 Å². The van der Waals surface area contributed by atoms with Crippen molar-refractivity contribution >= 4 is 35.2 Å². The first kappa shape index (κ1) is 21.3. The molecule has 2 aromatic rings. The first-order valence-electron chi connectivity index (χ1n) is 8.77. The SMILES string of the molecule is CCCNC(=O)c1ccc(NC(=O)C=Cc2ccc(OC)c(OC)c2)cc1Cl. The highest BCUT2D eigenvalue weighted by Gasteiger charge is 2.11. The van der Waals surface area contributed by atoms with Crippen LogP contribution in [0.4, 0.5) is 5.69 Å². The Kier molecular flexibility index (Phi) is 7.89. The molecule has 6 nitrogen and oxygen atoms in total. The van der Waals surface area contributed by atoms with Crippen LogP contribution in [0.3, 0.4) is 0 Å². The topological polar surface area (TPSA) is 76.7 Å². The molecule has 0 saturated carbocycles. The second-order valence-electron chi connectivity index (χ2n) is 5.89. The molecule has 0 aliphatic rings. The fourth-order valence-electron chi connectivity index (χ4n) is 2.42. The normalized spacial score (nSPS) is 10.6. The van der Waals surface area contributed by atoms with Crippen molar-refractivity contribution in [1.82, 2.24) is 5.32 Å². The Labute approximate surface area is 169 Å². The predicted octanol–water partition coefficient (Wildman–Crippen LogP) is 4.15. The summed E-state index contributed by atoms with van der Waals surface area (Å²) in [6.45, 7) is 2.55. The quantitative estimate of drug-likeness (QED) is 0.650. The van der Waals surface area contributed by atoms with Crippen LogP contribution in [-0.4, -0.2) is 32.6 Å². The van der Waals surface area contributed by atoms with Crippen molar-refractivity contribution < 1.29 is 19.1 Å². The van der Waals surface area contributed by atoms with Gasteiger partial charge in [-0.3, -0.25) is 9.59 Å². The van der Waals surface area contributed by atoms with E-state index in [-0.39, 0.29) is 16.8 Å². The highest BCUT2D eigenvalue weighted by Crippen LogP contribution is 2.28. The van der Waals surface area contributed by atoms with Gasteiger partial charge in [0.05, 0.1) is 24.8 Å². The summed E-state index contributed by atoms with van der Waals surface area (Å²) in [5.41, 5.74) is 1.65. The van der Waals surface area contributed by atoms with Gasteiger partial charge in [0, 0.05) is 18.3 Å². The maximum Gasteiger partial charge on any atom is 0.252 e. The van der Waals surface area contributed by atoms with Gasteiger partial charge in [-0.25, -0.2) is 0 Å². The van der Waals surface area contributed by atoms with Crippen LogP contribution in [0.15, 0.2) is 42.5 Å². The lowest BCUT2D eigenvalue weighted by atomic mass is 10.1. The molecule has 7 heteroatoms. The minimum Gasteiger partial charge on any atom is -0.493 e. The Morgan fingerprint density at radius 2 is 1.82 bits per heavy atom. The number of hydrogen-bond acceptors (Lipinski definition) is 4. The average Bonchev–Trinajstić information content (AvgIpc) is 2.70. The average molecular weight is 403 g/mol. The Hall–Kier alpha value is -2.99. The molecule has 0 fully saturated rings. The number of nitrogens with one attached hydrogen (secondary N) is 2. The number of hydrogen-bond donors (Lipinski definition) is 2. The van der Waals surface area contributed by atoms with E-state index in [2.05, 4.69) is 10.6 Å². The summed E-state index contributed by atoms with van der Waals surface area (Å²) < 4.78 is 10.4. The maximum atomic E-state index is 12.2. The summed E-state index contributed by atoms with van der Waals surface area (Å²) >= 11 is 6.17. The second kappa shape index (κ2) is 10.4. The van der Waals surface area contributed by atoms with Crippen LogP contribution in [-0.2, 0) is 4.79 Å². The number of methoxy groups -OCH3 is 2. The number of benzene rings is 2. The van der Waals surface area contributed by atoms with Gasteiger partial charge in [-0.05, 0) is 48.4 Å².